The summed E-state index contributed by atoms with van der Waals surface area (Å²) in [6.45, 7) is -0.120. The zero-order chi connectivity index (χ0) is 13.3. The van der Waals surface area contributed by atoms with Crippen molar-refractivity contribution in [3.8, 4) is 0 Å². The Bertz CT molecular complexity index is 660. The number of nitrogens with zero attached hydrogens (tertiary/aromatic N) is 2. The number of rotatable bonds is 2. The Morgan fingerprint density at radius 2 is 2.11 bits per heavy atom. The van der Waals surface area contributed by atoms with Crippen LogP contribution in [0.1, 0.15) is 5.56 Å². The minimum absolute atomic E-state index is 0.0240. The van der Waals surface area contributed by atoms with Gasteiger partial charge >= 0.3 is 0 Å². The van der Waals surface area contributed by atoms with Crippen LogP contribution in [0, 0.1) is 11.6 Å². The van der Waals surface area contributed by atoms with E-state index in [4.69, 9.17) is 11.6 Å². The molecule has 0 saturated carbocycles. The third kappa shape index (κ3) is 2.44. The Kier molecular flexibility index (Phi) is 3.77. The molecular weight excluding hydrogens is 329 g/mol. The van der Waals surface area contributed by atoms with E-state index >= 15 is 0 Å². The number of hydrogen-bond donors (Lipinski definition) is 0. The van der Waals surface area contributed by atoms with Gasteiger partial charge in [0.1, 0.15) is 4.47 Å². The fraction of sp³-hybridized carbons (Fsp3) is 0.0909. The van der Waals surface area contributed by atoms with Crippen LogP contribution in [0.4, 0.5) is 8.78 Å². The summed E-state index contributed by atoms with van der Waals surface area (Å²) in [5.74, 6) is -1.93. The van der Waals surface area contributed by atoms with Crippen LogP contribution in [-0.4, -0.2) is 9.55 Å². The van der Waals surface area contributed by atoms with Crippen LogP contribution >= 0.6 is 27.5 Å². The highest BCUT2D eigenvalue weighted by molar-refractivity contribution is 9.10. The van der Waals surface area contributed by atoms with E-state index in [1.54, 1.807) is 0 Å². The second-order valence-corrected chi connectivity index (χ2v) is 4.65. The summed E-state index contributed by atoms with van der Waals surface area (Å²) in [6, 6.07) is 3.78. The minimum atomic E-state index is -0.976. The predicted octanol–water partition coefficient (Wildman–Crippen LogP) is 2.99. The van der Waals surface area contributed by atoms with Crippen molar-refractivity contribution in [2.24, 2.45) is 0 Å². The lowest BCUT2D eigenvalue weighted by molar-refractivity contribution is 0.494. The fourth-order valence-corrected chi connectivity index (χ4v) is 1.87. The van der Waals surface area contributed by atoms with Crippen LogP contribution in [0.3, 0.4) is 0 Å². The Morgan fingerprint density at radius 3 is 2.83 bits per heavy atom. The van der Waals surface area contributed by atoms with Crippen molar-refractivity contribution in [3.63, 3.8) is 0 Å². The molecule has 94 valence electrons. The molecule has 0 aliphatic rings. The summed E-state index contributed by atoms with van der Waals surface area (Å²) in [4.78, 5) is 15.5. The molecule has 3 nitrogen and oxygen atoms in total. The van der Waals surface area contributed by atoms with Gasteiger partial charge < -0.3 is 0 Å². The van der Waals surface area contributed by atoms with Gasteiger partial charge in [-0.15, -0.1) is 0 Å². The Labute approximate surface area is 114 Å². The van der Waals surface area contributed by atoms with E-state index in [9.17, 15) is 13.6 Å². The molecule has 0 aliphatic carbocycles. The first kappa shape index (κ1) is 13.2. The maximum Gasteiger partial charge on any atom is 0.269 e. The Balaban J connectivity index is 2.44. The number of benzene rings is 1. The normalized spacial score (nSPS) is 10.7. The van der Waals surface area contributed by atoms with Crippen LogP contribution in [-0.2, 0) is 6.54 Å². The molecule has 2 aromatic rings. The quantitative estimate of drug-likeness (QED) is 0.791. The molecule has 0 saturated heterocycles. The molecule has 0 N–H and O–H groups in total. The third-order valence-electron chi connectivity index (χ3n) is 2.31. The van der Waals surface area contributed by atoms with Crippen molar-refractivity contribution in [3.05, 3.63) is 61.7 Å². The van der Waals surface area contributed by atoms with Crippen molar-refractivity contribution in [1.82, 2.24) is 9.55 Å². The highest BCUT2D eigenvalue weighted by Gasteiger charge is 2.11. The molecule has 18 heavy (non-hydrogen) atoms. The molecule has 2 rings (SSSR count). The van der Waals surface area contributed by atoms with Gasteiger partial charge in [-0.3, -0.25) is 9.36 Å². The fourth-order valence-electron chi connectivity index (χ4n) is 1.41. The third-order valence-corrected chi connectivity index (χ3v) is 3.54. The lowest BCUT2D eigenvalue weighted by Gasteiger charge is -2.07. The highest BCUT2D eigenvalue weighted by Crippen LogP contribution is 2.15. The summed E-state index contributed by atoms with van der Waals surface area (Å²) in [7, 11) is 0. The molecule has 7 heteroatoms. The average Bonchev–Trinajstić information content (AvgIpc) is 2.35. The predicted molar refractivity (Wildman–Crippen MR) is 66.7 cm³/mol. The van der Waals surface area contributed by atoms with E-state index in [0.717, 1.165) is 10.6 Å². The van der Waals surface area contributed by atoms with E-state index in [2.05, 4.69) is 20.9 Å². The van der Waals surface area contributed by atoms with E-state index in [-0.39, 0.29) is 21.7 Å². The van der Waals surface area contributed by atoms with Crippen molar-refractivity contribution < 1.29 is 8.78 Å². The molecule has 0 atom stereocenters. The molecule has 0 bridgehead atoms. The van der Waals surface area contributed by atoms with Gasteiger partial charge in [0, 0.05) is 5.56 Å². The number of aromatic nitrogens is 2. The molecule has 0 amide bonds. The lowest BCUT2D eigenvalue weighted by Crippen LogP contribution is -2.22. The second-order valence-electron chi connectivity index (χ2n) is 3.50. The molecule has 1 aromatic heterocycles. The van der Waals surface area contributed by atoms with Gasteiger partial charge in [0.15, 0.2) is 16.8 Å². The lowest BCUT2D eigenvalue weighted by atomic mass is 10.2. The topological polar surface area (TPSA) is 34.9 Å². The highest BCUT2D eigenvalue weighted by atomic mass is 79.9. The number of hydrogen-bond acceptors (Lipinski definition) is 2. The summed E-state index contributed by atoms with van der Waals surface area (Å²) in [5, 5.41) is 0.0240. The molecule has 0 aliphatic heterocycles. The maximum atomic E-state index is 13.5. The van der Waals surface area contributed by atoms with Gasteiger partial charge in [-0.2, -0.15) is 0 Å². The summed E-state index contributed by atoms with van der Waals surface area (Å²) >= 11 is 8.62. The van der Waals surface area contributed by atoms with Gasteiger partial charge in [0.25, 0.3) is 5.56 Å². The van der Waals surface area contributed by atoms with Crippen molar-refractivity contribution in [2.75, 3.05) is 0 Å². The van der Waals surface area contributed by atoms with Crippen molar-refractivity contribution >= 4 is 27.5 Å². The van der Waals surface area contributed by atoms with Gasteiger partial charge in [-0.25, -0.2) is 13.8 Å². The first-order valence-electron chi connectivity index (χ1n) is 4.84. The smallest absolute Gasteiger partial charge is 0.269 e. The zero-order valence-electron chi connectivity index (χ0n) is 8.83. The van der Waals surface area contributed by atoms with E-state index in [1.165, 1.54) is 18.5 Å². The molecule has 1 aromatic carbocycles. The van der Waals surface area contributed by atoms with E-state index in [0.29, 0.717) is 0 Å². The first-order valence-corrected chi connectivity index (χ1v) is 6.01. The summed E-state index contributed by atoms with van der Waals surface area (Å²) in [5.41, 5.74) is -0.396. The van der Waals surface area contributed by atoms with Gasteiger partial charge in [0.05, 0.1) is 12.9 Å². The van der Waals surface area contributed by atoms with Crippen LogP contribution in [0.5, 0.6) is 0 Å². The van der Waals surface area contributed by atoms with E-state index < -0.39 is 17.2 Å². The molecule has 0 fully saturated rings. The second kappa shape index (κ2) is 5.16. The SMILES string of the molecule is O=c1c(Br)c(Cl)ncn1Cc1cccc(F)c1F. The van der Waals surface area contributed by atoms with Gasteiger partial charge in [-0.05, 0) is 22.0 Å². The van der Waals surface area contributed by atoms with Crippen LogP contribution in [0.15, 0.2) is 33.8 Å². The van der Waals surface area contributed by atoms with Crippen molar-refractivity contribution in [1.29, 1.82) is 0 Å². The van der Waals surface area contributed by atoms with Crippen LogP contribution in [0.25, 0.3) is 0 Å². The van der Waals surface area contributed by atoms with Crippen LogP contribution < -0.4 is 5.56 Å². The van der Waals surface area contributed by atoms with Crippen molar-refractivity contribution in [2.45, 2.75) is 6.54 Å². The molecule has 1 heterocycles. The average molecular weight is 336 g/mol. The zero-order valence-corrected chi connectivity index (χ0v) is 11.2. The first-order chi connectivity index (χ1) is 8.50. The summed E-state index contributed by atoms with van der Waals surface area (Å²) in [6.07, 6.45) is 1.18. The van der Waals surface area contributed by atoms with E-state index in [1.807, 2.05) is 0 Å². The van der Waals surface area contributed by atoms with Crippen LogP contribution in [0.2, 0.25) is 5.15 Å². The molecular formula is C11H6BrClF2N2O. The molecule has 0 radical (unpaired) electrons. The Hall–Kier alpha value is -1.27. The largest absolute Gasteiger partial charge is 0.294 e. The standard InChI is InChI=1S/C11H6BrClF2N2O/c12-8-10(13)16-5-17(11(8)18)4-6-2-1-3-7(14)9(6)15/h1-3,5H,4H2. The number of halogens is 4. The monoisotopic (exact) mass is 334 g/mol. The maximum absolute atomic E-state index is 13.5. The molecule has 0 unspecified atom stereocenters. The van der Waals surface area contributed by atoms with Gasteiger partial charge in [-0.1, -0.05) is 23.7 Å². The molecule has 0 spiro atoms. The minimum Gasteiger partial charge on any atom is -0.294 e. The van der Waals surface area contributed by atoms with Gasteiger partial charge in [0.2, 0.25) is 0 Å². The summed E-state index contributed by atoms with van der Waals surface area (Å²) < 4.78 is 27.7. The Morgan fingerprint density at radius 1 is 1.39 bits per heavy atom.